The number of hydrogen-bond donors (Lipinski definition) is 0. The van der Waals surface area contributed by atoms with E-state index in [9.17, 15) is 9.59 Å². The van der Waals surface area contributed by atoms with Crippen LogP contribution in [0.2, 0.25) is 0 Å². The van der Waals surface area contributed by atoms with Gasteiger partial charge in [0.25, 0.3) is 5.91 Å². The lowest BCUT2D eigenvalue weighted by Gasteiger charge is -2.43. The van der Waals surface area contributed by atoms with Crippen LogP contribution in [0.15, 0.2) is 36.7 Å². The first-order valence-electron chi connectivity index (χ1n) is 11.0. The van der Waals surface area contributed by atoms with Gasteiger partial charge in [0.05, 0.1) is 29.7 Å². The van der Waals surface area contributed by atoms with Crippen molar-refractivity contribution >= 4 is 12.0 Å². The number of nitrogens with zero attached hydrogens (tertiary/aromatic N) is 5. The van der Waals surface area contributed by atoms with Crippen LogP contribution >= 0.6 is 0 Å². The molecule has 2 saturated heterocycles. The third-order valence-electron chi connectivity index (χ3n) is 6.21. The summed E-state index contributed by atoms with van der Waals surface area (Å²) in [6.07, 6.45) is 5.63. The number of ether oxygens (including phenoxy) is 1. The molecule has 0 aliphatic carbocycles. The smallest absolute Gasteiger partial charge is 0.410 e. The minimum atomic E-state index is -0.541. The zero-order valence-electron chi connectivity index (χ0n) is 18.7. The second-order valence-corrected chi connectivity index (χ2v) is 9.38. The summed E-state index contributed by atoms with van der Waals surface area (Å²) in [6, 6.07) is 7.53. The average molecular weight is 426 g/mol. The van der Waals surface area contributed by atoms with Crippen molar-refractivity contribution in [2.75, 3.05) is 13.1 Å². The summed E-state index contributed by atoms with van der Waals surface area (Å²) in [5.41, 5.74) is 0.684. The van der Waals surface area contributed by atoms with Crippen molar-refractivity contribution in [2.45, 2.75) is 64.6 Å². The zero-order chi connectivity index (χ0) is 22.2. The maximum atomic E-state index is 13.7. The van der Waals surface area contributed by atoms with E-state index in [-0.39, 0.29) is 24.1 Å². The van der Waals surface area contributed by atoms with E-state index in [4.69, 9.17) is 4.74 Å². The van der Waals surface area contributed by atoms with Crippen molar-refractivity contribution in [1.29, 1.82) is 0 Å². The molecule has 2 aliphatic rings. The normalized spacial score (nSPS) is 23.5. The number of amides is 2. The lowest BCUT2D eigenvalue weighted by Crippen LogP contribution is -2.56. The number of piperidine rings is 1. The molecule has 1 aromatic carbocycles. The third kappa shape index (κ3) is 4.29. The summed E-state index contributed by atoms with van der Waals surface area (Å²) in [6.45, 7) is 8.94. The lowest BCUT2D eigenvalue weighted by molar-refractivity contribution is 0.00555. The number of carbonyl (C=O) groups excluding carboxylic acids is 2. The number of rotatable bonds is 3. The molecule has 3 atom stereocenters. The van der Waals surface area contributed by atoms with Crippen molar-refractivity contribution in [3.63, 3.8) is 0 Å². The second kappa shape index (κ2) is 8.32. The average Bonchev–Trinajstić information content (AvgIpc) is 3.40. The van der Waals surface area contributed by atoms with Crippen molar-refractivity contribution in [1.82, 2.24) is 24.8 Å². The van der Waals surface area contributed by atoms with Crippen molar-refractivity contribution < 1.29 is 14.3 Å². The summed E-state index contributed by atoms with van der Waals surface area (Å²) in [7, 11) is 0. The molecule has 0 spiro atoms. The highest BCUT2D eigenvalue weighted by atomic mass is 16.6. The summed E-state index contributed by atoms with van der Waals surface area (Å²) in [4.78, 5) is 31.7. The highest BCUT2D eigenvalue weighted by Gasteiger charge is 2.46. The van der Waals surface area contributed by atoms with Crippen molar-refractivity contribution in [3.8, 4) is 5.69 Å². The van der Waals surface area contributed by atoms with E-state index in [1.807, 2.05) is 54.8 Å². The molecule has 31 heavy (non-hydrogen) atoms. The Morgan fingerprint density at radius 3 is 2.52 bits per heavy atom. The van der Waals surface area contributed by atoms with Gasteiger partial charge in [0.15, 0.2) is 0 Å². The van der Waals surface area contributed by atoms with Gasteiger partial charge in [-0.2, -0.15) is 15.0 Å². The molecule has 166 valence electrons. The highest BCUT2D eigenvalue weighted by molar-refractivity contribution is 5.98. The fourth-order valence-electron chi connectivity index (χ4n) is 4.77. The van der Waals surface area contributed by atoms with Crippen molar-refractivity contribution in [3.05, 3.63) is 42.2 Å². The van der Waals surface area contributed by atoms with Gasteiger partial charge in [-0.1, -0.05) is 19.1 Å². The molecule has 8 nitrogen and oxygen atoms in total. The summed E-state index contributed by atoms with van der Waals surface area (Å²) >= 11 is 0. The molecule has 0 bridgehead atoms. The molecule has 2 aliphatic heterocycles. The Hall–Kier alpha value is -2.90. The topological polar surface area (TPSA) is 80.6 Å². The minimum absolute atomic E-state index is 0.0170. The van der Waals surface area contributed by atoms with E-state index in [0.29, 0.717) is 30.3 Å². The number of aromatic nitrogens is 3. The second-order valence-electron chi connectivity index (χ2n) is 9.38. The third-order valence-corrected chi connectivity index (χ3v) is 6.21. The fourth-order valence-corrected chi connectivity index (χ4v) is 4.77. The quantitative estimate of drug-likeness (QED) is 0.752. The van der Waals surface area contributed by atoms with Gasteiger partial charge in [-0.25, -0.2) is 4.79 Å². The monoisotopic (exact) mass is 425 g/mol. The van der Waals surface area contributed by atoms with Crippen LogP contribution < -0.4 is 0 Å². The van der Waals surface area contributed by atoms with Crippen LogP contribution in [0.25, 0.3) is 5.69 Å². The Balaban J connectivity index is 1.60. The van der Waals surface area contributed by atoms with E-state index < -0.39 is 5.60 Å². The highest BCUT2D eigenvalue weighted by Crippen LogP contribution is 2.37. The Morgan fingerprint density at radius 2 is 1.84 bits per heavy atom. The lowest BCUT2D eigenvalue weighted by atomic mass is 9.85. The number of para-hydroxylation sites is 1. The molecule has 0 saturated carbocycles. The SMILES string of the molecule is CC[C@@H]1C[C@H]2CCN(C(=O)OC(C)(C)C)[C@H]2CN1C(=O)c1ccccc1-n1nccn1. The Labute approximate surface area is 183 Å². The molecule has 8 heteroatoms. The molecule has 4 rings (SSSR count). The molecule has 2 aromatic rings. The van der Waals surface area contributed by atoms with E-state index in [0.717, 1.165) is 19.3 Å². The predicted octanol–water partition coefficient (Wildman–Crippen LogP) is 3.52. The summed E-state index contributed by atoms with van der Waals surface area (Å²) < 4.78 is 5.64. The van der Waals surface area contributed by atoms with E-state index in [1.54, 1.807) is 12.4 Å². The van der Waals surface area contributed by atoms with Crippen LogP contribution in [0.4, 0.5) is 4.79 Å². The summed E-state index contributed by atoms with van der Waals surface area (Å²) in [5, 5.41) is 8.40. The number of likely N-dealkylation sites (tertiary alicyclic amines) is 2. The fraction of sp³-hybridized carbons (Fsp3) is 0.565. The first-order valence-corrected chi connectivity index (χ1v) is 11.0. The molecule has 2 fully saturated rings. The van der Waals surface area contributed by atoms with Crippen LogP contribution in [-0.4, -0.2) is 67.6 Å². The van der Waals surface area contributed by atoms with E-state index in [1.165, 1.54) is 4.80 Å². The zero-order valence-corrected chi connectivity index (χ0v) is 18.7. The van der Waals surface area contributed by atoms with Gasteiger partial charge in [0.1, 0.15) is 5.60 Å². The molecule has 1 aromatic heterocycles. The maximum absolute atomic E-state index is 13.7. The van der Waals surface area contributed by atoms with Gasteiger partial charge in [0.2, 0.25) is 0 Å². The van der Waals surface area contributed by atoms with Crippen LogP contribution in [0.5, 0.6) is 0 Å². The largest absolute Gasteiger partial charge is 0.444 e. The molecular weight excluding hydrogens is 394 g/mol. The molecule has 0 N–H and O–H groups in total. The number of hydrogen-bond acceptors (Lipinski definition) is 5. The van der Waals surface area contributed by atoms with Crippen molar-refractivity contribution in [2.24, 2.45) is 5.92 Å². The minimum Gasteiger partial charge on any atom is -0.444 e. The number of benzene rings is 1. The van der Waals surface area contributed by atoms with Crippen LogP contribution in [-0.2, 0) is 4.74 Å². The standard InChI is InChI=1S/C23H31N5O3/c1-5-17-14-16-10-13-26(22(30)31-23(2,3)4)20(16)15-27(17)21(29)18-8-6-7-9-19(18)28-24-11-12-25-28/h6-9,11-12,16-17,20H,5,10,13-15H2,1-4H3/t16-,17-,20+/m1/s1. The predicted molar refractivity (Wildman–Crippen MR) is 116 cm³/mol. The maximum Gasteiger partial charge on any atom is 0.410 e. The Kier molecular flexibility index (Phi) is 5.73. The molecule has 3 heterocycles. The molecule has 0 unspecified atom stereocenters. The van der Waals surface area contributed by atoms with Crippen LogP contribution in [0, 0.1) is 5.92 Å². The van der Waals surface area contributed by atoms with Crippen LogP contribution in [0.3, 0.4) is 0 Å². The molecular formula is C23H31N5O3. The van der Waals surface area contributed by atoms with Gasteiger partial charge in [-0.3, -0.25) is 4.79 Å². The van der Waals surface area contributed by atoms with Gasteiger partial charge in [0, 0.05) is 19.1 Å². The Morgan fingerprint density at radius 1 is 1.13 bits per heavy atom. The number of carbonyl (C=O) groups is 2. The Bertz CT molecular complexity index is 937. The van der Waals surface area contributed by atoms with Gasteiger partial charge < -0.3 is 14.5 Å². The van der Waals surface area contributed by atoms with Gasteiger partial charge in [-0.15, -0.1) is 0 Å². The molecule has 0 radical (unpaired) electrons. The van der Waals surface area contributed by atoms with E-state index in [2.05, 4.69) is 17.1 Å². The number of fused-ring (bicyclic) bond motifs is 1. The van der Waals surface area contributed by atoms with Gasteiger partial charge in [-0.05, 0) is 58.1 Å². The molecule has 2 amide bonds. The summed E-state index contributed by atoms with van der Waals surface area (Å²) in [5.74, 6) is 0.346. The van der Waals surface area contributed by atoms with E-state index >= 15 is 0 Å². The van der Waals surface area contributed by atoms with Crippen LogP contribution in [0.1, 0.15) is 57.3 Å². The first-order chi connectivity index (χ1) is 14.8. The first kappa shape index (κ1) is 21.3. The van der Waals surface area contributed by atoms with Gasteiger partial charge >= 0.3 is 6.09 Å².